The summed E-state index contributed by atoms with van der Waals surface area (Å²) in [5.74, 6) is -3.75. The van der Waals surface area contributed by atoms with Gasteiger partial charge in [0.15, 0.2) is 11.5 Å². The van der Waals surface area contributed by atoms with Crippen molar-refractivity contribution in [2.75, 3.05) is 13.2 Å². The molecule has 8 nitrogen and oxygen atoms in total. The van der Waals surface area contributed by atoms with Crippen molar-refractivity contribution in [3.05, 3.63) is 53.4 Å². The van der Waals surface area contributed by atoms with E-state index in [1.54, 1.807) is 0 Å². The van der Waals surface area contributed by atoms with Crippen molar-refractivity contribution in [1.82, 2.24) is 0 Å². The molecule has 2 aromatic rings. The predicted molar refractivity (Wildman–Crippen MR) is 177 cm³/mol. The summed E-state index contributed by atoms with van der Waals surface area (Å²) in [6.45, 7) is 4.53. The molecule has 2 saturated carbocycles. The number of benzene rings is 2. The monoisotopic (exact) mass is 754 g/mol. The standard InChI is InChI=1S/C32H32Cl6O8/c1-15-9-17(10-15)5-3-7-43-29(39)23-25(37)19(33)13-21(35)27(23)45-31(41)32(42)46-28-22(36)14-20(34)26(38)24(28)30(40)44-8-4-6-18-11-16(2)12-18/h13-18H,3-12H2,1-2H3. The highest BCUT2D eigenvalue weighted by Crippen LogP contribution is 2.42. The van der Waals surface area contributed by atoms with E-state index in [1.165, 1.54) is 0 Å². The van der Waals surface area contributed by atoms with Crippen LogP contribution in [0.25, 0.3) is 0 Å². The molecule has 0 N–H and O–H groups in total. The van der Waals surface area contributed by atoms with Gasteiger partial charge >= 0.3 is 23.9 Å². The molecule has 14 heteroatoms. The lowest BCUT2D eigenvalue weighted by molar-refractivity contribution is -0.156. The van der Waals surface area contributed by atoms with Gasteiger partial charge in [0, 0.05) is 0 Å². The van der Waals surface area contributed by atoms with Crippen molar-refractivity contribution in [2.45, 2.75) is 65.2 Å². The Balaban J connectivity index is 1.44. The van der Waals surface area contributed by atoms with Gasteiger partial charge in [-0.3, -0.25) is 0 Å². The first-order valence-corrected chi connectivity index (χ1v) is 17.2. The van der Waals surface area contributed by atoms with Gasteiger partial charge in [-0.1, -0.05) is 83.5 Å². The van der Waals surface area contributed by atoms with E-state index in [0.717, 1.165) is 50.7 Å². The van der Waals surface area contributed by atoms with E-state index in [9.17, 15) is 19.2 Å². The van der Waals surface area contributed by atoms with Gasteiger partial charge in [0.05, 0.1) is 43.3 Å². The second-order valence-electron chi connectivity index (χ2n) is 11.9. The second kappa shape index (κ2) is 16.4. The third kappa shape index (κ3) is 9.14. The van der Waals surface area contributed by atoms with Crippen LogP contribution in [-0.4, -0.2) is 37.1 Å². The van der Waals surface area contributed by atoms with Crippen molar-refractivity contribution in [3.8, 4) is 11.5 Å². The molecule has 0 unspecified atom stereocenters. The predicted octanol–water partition coefficient (Wildman–Crippen LogP) is 10.1. The van der Waals surface area contributed by atoms with E-state index in [-0.39, 0.29) is 43.3 Å². The highest BCUT2D eigenvalue weighted by molar-refractivity contribution is 6.47. The minimum absolute atomic E-state index is 0.0775. The SMILES string of the molecule is CC1CC(CCCOC(=O)c2c(Cl)c(Cl)cc(Cl)c2OC(=O)C(=O)Oc2c(Cl)cc(Cl)c(Cl)c2C(=O)OCCCC2CC(C)C2)C1. The second-order valence-corrected chi connectivity index (χ2v) is 14.3. The number of carbonyl (C=O) groups is 4. The molecular weight excluding hydrogens is 725 g/mol. The first-order valence-electron chi connectivity index (χ1n) is 14.9. The molecule has 2 fully saturated rings. The molecule has 0 radical (unpaired) electrons. The normalized spacial score (nSPS) is 20.3. The van der Waals surface area contributed by atoms with Crippen LogP contribution in [0.5, 0.6) is 11.5 Å². The van der Waals surface area contributed by atoms with Crippen LogP contribution in [0.4, 0.5) is 0 Å². The quantitative estimate of drug-likeness (QED) is 0.0693. The molecule has 4 rings (SSSR count). The molecule has 2 aliphatic rings. The molecule has 0 amide bonds. The fraction of sp³-hybridized carbons (Fsp3) is 0.500. The third-order valence-corrected chi connectivity index (χ3v) is 10.3. The summed E-state index contributed by atoms with van der Waals surface area (Å²) in [6.07, 6.45) is 7.55. The highest BCUT2D eigenvalue weighted by Gasteiger charge is 2.32. The van der Waals surface area contributed by atoms with E-state index in [2.05, 4.69) is 13.8 Å². The van der Waals surface area contributed by atoms with Crippen LogP contribution in [0.1, 0.15) is 85.9 Å². The zero-order valence-electron chi connectivity index (χ0n) is 25.1. The molecular formula is C32H32Cl6O8. The van der Waals surface area contributed by atoms with E-state index in [1.807, 2.05) is 0 Å². The molecule has 0 saturated heterocycles. The Hall–Kier alpha value is -1.94. The van der Waals surface area contributed by atoms with Gasteiger partial charge in [-0.05, 0) is 87.2 Å². The molecule has 0 spiro atoms. The molecule has 0 bridgehead atoms. The summed E-state index contributed by atoms with van der Waals surface area (Å²) < 4.78 is 21.0. The number of halogens is 6. The fourth-order valence-corrected chi connectivity index (χ4v) is 7.26. The maximum atomic E-state index is 13.0. The molecule has 46 heavy (non-hydrogen) atoms. The minimum atomic E-state index is -1.63. The Kier molecular flexibility index (Phi) is 13.2. The summed E-state index contributed by atoms with van der Waals surface area (Å²) in [7, 11) is 0. The van der Waals surface area contributed by atoms with E-state index >= 15 is 0 Å². The summed E-state index contributed by atoms with van der Waals surface area (Å²) >= 11 is 37.2. The van der Waals surface area contributed by atoms with Crippen LogP contribution in [0.2, 0.25) is 30.1 Å². The van der Waals surface area contributed by atoms with E-state index < -0.39 is 46.5 Å². The Morgan fingerprint density at radius 1 is 0.609 bits per heavy atom. The van der Waals surface area contributed by atoms with Gasteiger partial charge < -0.3 is 18.9 Å². The zero-order chi connectivity index (χ0) is 33.7. The molecule has 250 valence electrons. The van der Waals surface area contributed by atoms with E-state index in [0.29, 0.717) is 36.5 Å². The van der Waals surface area contributed by atoms with Gasteiger partial charge in [-0.2, -0.15) is 0 Å². The number of rotatable bonds is 12. The van der Waals surface area contributed by atoms with Crippen molar-refractivity contribution in [2.24, 2.45) is 23.7 Å². The molecule has 2 aromatic carbocycles. The van der Waals surface area contributed by atoms with Gasteiger partial charge in [-0.15, -0.1) is 0 Å². The Morgan fingerprint density at radius 3 is 1.28 bits per heavy atom. The van der Waals surface area contributed by atoms with Gasteiger partial charge in [0.2, 0.25) is 0 Å². The smallest absolute Gasteiger partial charge is 0.423 e. The average molecular weight is 757 g/mol. The maximum absolute atomic E-state index is 13.0. The minimum Gasteiger partial charge on any atom is -0.462 e. The number of carbonyl (C=O) groups excluding carboxylic acids is 4. The van der Waals surface area contributed by atoms with Crippen LogP contribution in [0, 0.1) is 23.7 Å². The van der Waals surface area contributed by atoms with Crippen LogP contribution >= 0.6 is 69.6 Å². The van der Waals surface area contributed by atoms with E-state index in [4.69, 9.17) is 88.6 Å². The molecule has 0 aliphatic heterocycles. The number of ether oxygens (including phenoxy) is 4. The van der Waals surface area contributed by atoms with Crippen LogP contribution < -0.4 is 9.47 Å². The lowest BCUT2D eigenvalue weighted by Crippen LogP contribution is -2.27. The summed E-state index contributed by atoms with van der Waals surface area (Å²) in [6, 6.07) is 2.26. The fourth-order valence-electron chi connectivity index (χ4n) is 5.82. The number of hydrogen-bond donors (Lipinski definition) is 0. The van der Waals surface area contributed by atoms with Crippen LogP contribution in [-0.2, 0) is 19.1 Å². The summed E-state index contributed by atoms with van der Waals surface area (Å²) in [4.78, 5) is 51.8. The lowest BCUT2D eigenvalue weighted by Gasteiger charge is -2.32. The average Bonchev–Trinajstić information content (AvgIpc) is 2.96. The highest BCUT2D eigenvalue weighted by atomic mass is 35.5. The topological polar surface area (TPSA) is 105 Å². The largest absolute Gasteiger partial charge is 0.462 e. The van der Waals surface area contributed by atoms with Crippen molar-refractivity contribution < 1.29 is 38.1 Å². The first-order chi connectivity index (χ1) is 21.8. The zero-order valence-corrected chi connectivity index (χ0v) is 29.6. The van der Waals surface area contributed by atoms with Crippen molar-refractivity contribution in [1.29, 1.82) is 0 Å². The molecule has 0 aromatic heterocycles. The van der Waals surface area contributed by atoms with Gasteiger partial charge in [0.25, 0.3) is 0 Å². The van der Waals surface area contributed by atoms with Crippen LogP contribution in [0.15, 0.2) is 12.1 Å². The maximum Gasteiger partial charge on any atom is 0.423 e. The third-order valence-electron chi connectivity index (χ3n) is 8.14. The van der Waals surface area contributed by atoms with Crippen molar-refractivity contribution >= 4 is 93.5 Å². The van der Waals surface area contributed by atoms with Gasteiger partial charge in [-0.25, -0.2) is 19.2 Å². The molecule has 0 heterocycles. The molecule has 2 aliphatic carbocycles. The summed E-state index contributed by atoms with van der Waals surface area (Å²) in [5, 5.41) is -1.44. The number of hydrogen-bond acceptors (Lipinski definition) is 8. The van der Waals surface area contributed by atoms with Gasteiger partial charge in [0.1, 0.15) is 11.1 Å². The first kappa shape index (κ1) is 36.9. The number of esters is 4. The van der Waals surface area contributed by atoms with Crippen LogP contribution in [0.3, 0.4) is 0 Å². The summed E-state index contributed by atoms with van der Waals surface area (Å²) in [5.41, 5.74) is -0.906. The Morgan fingerprint density at radius 2 is 0.957 bits per heavy atom. The van der Waals surface area contributed by atoms with Crippen molar-refractivity contribution in [3.63, 3.8) is 0 Å². The lowest BCUT2D eigenvalue weighted by atomic mass is 9.74. The Bertz CT molecular complexity index is 1390. The Labute approximate surface area is 297 Å². The molecule has 0 atom stereocenters.